The van der Waals surface area contributed by atoms with E-state index in [0.29, 0.717) is 79.8 Å². The summed E-state index contributed by atoms with van der Waals surface area (Å²) in [6.45, 7) is 4.92. The molecular formula is C26H28N4O5. The van der Waals surface area contributed by atoms with Gasteiger partial charge in [-0.25, -0.2) is 9.97 Å². The summed E-state index contributed by atoms with van der Waals surface area (Å²) < 4.78 is 22.9. The summed E-state index contributed by atoms with van der Waals surface area (Å²) in [5.74, 6) is 2.36. The largest absolute Gasteiger partial charge is 0.493 e. The van der Waals surface area contributed by atoms with Crippen LogP contribution in [0.5, 0.6) is 23.1 Å². The van der Waals surface area contributed by atoms with Gasteiger partial charge in [-0.15, -0.1) is 0 Å². The maximum atomic E-state index is 12.3. The van der Waals surface area contributed by atoms with Crippen LogP contribution >= 0.6 is 0 Å². The second kappa shape index (κ2) is 10.2. The van der Waals surface area contributed by atoms with Gasteiger partial charge in [0.2, 0.25) is 11.8 Å². The number of benzene rings is 2. The van der Waals surface area contributed by atoms with Crippen LogP contribution in [0, 0.1) is 6.92 Å². The highest BCUT2D eigenvalue weighted by Crippen LogP contribution is 2.36. The molecule has 0 radical (unpaired) electrons. The average molecular weight is 477 g/mol. The van der Waals surface area contributed by atoms with Gasteiger partial charge in [-0.1, -0.05) is 0 Å². The molecule has 0 saturated carbocycles. The van der Waals surface area contributed by atoms with Crippen LogP contribution in [0.4, 0.5) is 0 Å². The number of carbonyl (C=O) groups is 1. The van der Waals surface area contributed by atoms with Crippen LogP contribution in [0.15, 0.2) is 42.7 Å². The Morgan fingerprint density at radius 1 is 1.11 bits per heavy atom. The SMILES string of the molecule is COc1cc2c(Oc3ccc4[nH]c(C)cc4c3)ncnc2cc1OCCCC(=O)N1CCOCC1. The average Bonchev–Trinajstić information content (AvgIpc) is 3.26. The van der Waals surface area contributed by atoms with Crippen molar-refractivity contribution in [1.29, 1.82) is 0 Å². The molecule has 0 spiro atoms. The Balaban J connectivity index is 1.29. The zero-order valence-corrected chi connectivity index (χ0v) is 19.9. The first kappa shape index (κ1) is 22.9. The number of hydrogen-bond acceptors (Lipinski definition) is 7. The summed E-state index contributed by atoms with van der Waals surface area (Å²) in [5, 5.41) is 1.78. The fourth-order valence-corrected chi connectivity index (χ4v) is 4.20. The number of aromatic nitrogens is 3. The molecule has 0 unspecified atom stereocenters. The quantitative estimate of drug-likeness (QED) is 0.380. The highest BCUT2D eigenvalue weighted by atomic mass is 16.5. The molecule has 9 heteroatoms. The van der Waals surface area contributed by atoms with Crippen molar-refractivity contribution >= 4 is 27.7 Å². The second-order valence-electron chi connectivity index (χ2n) is 8.45. The van der Waals surface area contributed by atoms with Gasteiger partial charge in [-0.05, 0) is 43.7 Å². The highest BCUT2D eigenvalue weighted by molar-refractivity contribution is 5.87. The third-order valence-corrected chi connectivity index (χ3v) is 5.98. The van der Waals surface area contributed by atoms with E-state index in [2.05, 4.69) is 21.0 Å². The molecule has 1 aliphatic heterocycles. The van der Waals surface area contributed by atoms with Gasteiger partial charge in [0, 0.05) is 42.2 Å². The summed E-state index contributed by atoms with van der Waals surface area (Å²) in [5.41, 5.74) is 2.82. The van der Waals surface area contributed by atoms with Crippen molar-refractivity contribution in [1.82, 2.24) is 19.9 Å². The standard InChI is InChI=1S/C26H28N4O5/c1-17-12-18-13-19(5-6-21(18)29-17)35-26-20-14-23(32-2)24(15-22(20)27-16-28-26)34-9-3-4-25(31)30-7-10-33-11-8-30/h5-6,12-16,29H,3-4,7-11H2,1-2H3. The van der Waals surface area contributed by atoms with Crippen molar-refractivity contribution in [2.75, 3.05) is 40.0 Å². The van der Waals surface area contributed by atoms with Gasteiger partial charge in [0.1, 0.15) is 12.1 Å². The molecule has 0 aliphatic carbocycles. The Morgan fingerprint density at radius 3 is 2.80 bits per heavy atom. The summed E-state index contributed by atoms with van der Waals surface area (Å²) in [6, 6.07) is 11.6. The normalized spacial score (nSPS) is 13.8. The van der Waals surface area contributed by atoms with E-state index in [4.69, 9.17) is 18.9 Å². The van der Waals surface area contributed by atoms with E-state index in [-0.39, 0.29) is 5.91 Å². The van der Waals surface area contributed by atoms with Gasteiger partial charge in [0.15, 0.2) is 11.5 Å². The molecule has 35 heavy (non-hydrogen) atoms. The van der Waals surface area contributed by atoms with Crippen LogP contribution in [-0.4, -0.2) is 65.8 Å². The topological polar surface area (TPSA) is 98.8 Å². The minimum Gasteiger partial charge on any atom is -0.493 e. The number of morpholine rings is 1. The zero-order valence-electron chi connectivity index (χ0n) is 19.9. The molecule has 0 bridgehead atoms. The molecule has 1 fully saturated rings. The molecular weight excluding hydrogens is 448 g/mol. The third-order valence-electron chi connectivity index (χ3n) is 5.98. The fraction of sp³-hybridized carbons (Fsp3) is 0.346. The van der Waals surface area contributed by atoms with Crippen LogP contribution in [-0.2, 0) is 9.53 Å². The van der Waals surface area contributed by atoms with E-state index >= 15 is 0 Å². The summed E-state index contributed by atoms with van der Waals surface area (Å²) in [7, 11) is 1.59. The maximum absolute atomic E-state index is 12.3. The number of amides is 1. The lowest BCUT2D eigenvalue weighted by Gasteiger charge is -2.26. The maximum Gasteiger partial charge on any atom is 0.230 e. The lowest BCUT2D eigenvalue weighted by Crippen LogP contribution is -2.40. The fourth-order valence-electron chi connectivity index (χ4n) is 4.20. The van der Waals surface area contributed by atoms with E-state index in [0.717, 1.165) is 16.6 Å². The molecule has 1 amide bonds. The molecule has 4 aromatic rings. The molecule has 2 aromatic carbocycles. The van der Waals surface area contributed by atoms with Crippen molar-refractivity contribution in [3.63, 3.8) is 0 Å². The monoisotopic (exact) mass is 476 g/mol. The number of rotatable bonds is 8. The number of nitrogens with one attached hydrogen (secondary N) is 1. The number of nitrogens with zero attached hydrogens (tertiary/aromatic N) is 3. The van der Waals surface area contributed by atoms with Crippen LogP contribution in [0.3, 0.4) is 0 Å². The van der Waals surface area contributed by atoms with Gasteiger partial charge in [-0.3, -0.25) is 4.79 Å². The second-order valence-corrected chi connectivity index (χ2v) is 8.45. The summed E-state index contributed by atoms with van der Waals surface area (Å²) in [6.07, 6.45) is 2.51. The Morgan fingerprint density at radius 2 is 1.97 bits per heavy atom. The molecule has 3 heterocycles. The van der Waals surface area contributed by atoms with E-state index < -0.39 is 0 Å². The number of fused-ring (bicyclic) bond motifs is 2. The number of aryl methyl sites for hydroxylation is 1. The van der Waals surface area contributed by atoms with Gasteiger partial charge in [-0.2, -0.15) is 0 Å². The number of methoxy groups -OCH3 is 1. The minimum atomic E-state index is 0.130. The van der Waals surface area contributed by atoms with Gasteiger partial charge < -0.3 is 28.8 Å². The Bertz CT molecular complexity index is 1350. The molecule has 182 valence electrons. The van der Waals surface area contributed by atoms with Crippen molar-refractivity contribution in [3.8, 4) is 23.1 Å². The number of aromatic amines is 1. The predicted molar refractivity (Wildman–Crippen MR) is 131 cm³/mol. The number of ether oxygens (including phenoxy) is 4. The number of H-pyrrole nitrogens is 1. The van der Waals surface area contributed by atoms with Crippen molar-refractivity contribution in [2.45, 2.75) is 19.8 Å². The lowest BCUT2D eigenvalue weighted by molar-refractivity contribution is -0.135. The van der Waals surface area contributed by atoms with Crippen LogP contribution in [0.25, 0.3) is 21.8 Å². The van der Waals surface area contributed by atoms with Crippen LogP contribution in [0.1, 0.15) is 18.5 Å². The first-order valence-corrected chi connectivity index (χ1v) is 11.7. The Labute approximate surface area is 203 Å². The molecule has 5 rings (SSSR count). The van der Waals surface area contributed by atoms with E-state index in [9.17, 15) is 4.79 Å². The van der Waals surface area contributed by atoms with Crippen molar-refractivity contribution in [3.05, 3.63) is 48.4 Å². The molecule has 1 N–H and O–H groups in total. The third kappa shape index (κ3) is 5.14. The van der Waals surface area contributed by atoms with Gasteiger partial charge in [0.05, 0.1) is 37.8 Å². The Kier molecular flexibility index (Phi) is 6.67. The zero-order chi connectivity index (χ0) is 24.2. The Hall–Kier alpha value is -3.85. The minimum absolute atomic E-state index is 0.130. The summed E-state index contributed by atoms with van der Waals surface area (Å²) in [4.78, 5) is 26.2. The molecule has 2 aromatic heterocycles. The van der Waals surface area contributed by atoms with Crippen LogP contribution in [0.2, 0.25) is 0 Å². The number of hydrogen-bond donors (Lipinski definition) is 1. The molecule has 1 aliphatic rings. The van der Waals surface area contributed by atoms with E-state index in [1.54, 1.807) is 7.11 Å². The van der Waals surface area contributed by atoms with Crippen LogP contribution < -0.4 is 14.2 Å². The lowest BCUT2D eigenvalue weighted by atomic mass is 10.2. The molecule has 9 nitrogen and oxygen atoms in total. The number of carbonyl (C=O) groups excluding carboxylic acids is 1. The molecule has 1 saturated heterocycles. The smallest absolute Gasteiger partial charge is 0.230 e. The summed E-state index contributed by atoms with van der Waals surface area (Å²) >= 11 is 0. The first-order chi connectivity index (χ1) is 17.1. The van der Waals surface area contributed by atoms with E-state index in [1.807, 2.05) is 42.2 Å². The van der Waals surface area contributed by atoms with Gasteiger partial charge >= 0.3 is 0 Å². The van der Waals surface area contributed by atoms with Crippen molar-refractivity contribution < 1.29 is 23.7 Å². The van der Waals surface area contributed by atoms with Gasteiger partial charge in [0.25, 0.3) is 0 Å². The van der Waals surface area contributed by atoms with Crippen molar-refractivity contribution in [2.24, 2.45) is 0 Å². The molecule has 0 atom stereocenters. The highest BCUT2D eigenvalue weighted by Gasteiger charge is 2.17. The first-order valence-electron chi connectivity index (χ1n) is 11.7. The predicted octanol–water partition coefficient (Wildman–Crippen LogP) is 4.24. The van der Waals surface area contributed by atoms with E-state index in [1.165, 1.54) is 6.33 Å².